The lowest BCUT2D eigenvalue weighted by atomic mass is 10.2. The number of hydrogen-bond donors (Lipinski definition) is 2. The second kappa shape index (κ2) is 9.19. The smallest absolute Gasteiger partial charge is 0.349 e. The highest BCUT2D eigenvalue weighted by Crippen LogP contribution is 2.31. The Bertz CT molecular complexity index is 1670. The van der Waals surface area contributed by atoms with Crippen LogP contribution in [0.4, 0.5) is 18.9 Å². The quantitative estimate of drug-likeness (QED) is 0.228. The van der Waals surface area contributed by atoms with Gasteiger partial charge >= 0.3 is 6.18 Å². The number of fused-ring (bicyclic) bond motifs is 3. The van der Waals surface area contributed by atoms with Crippen molar-refractivity contribution in [2.75, 3.05) is 11.1 Å². The van der Waals surface area contributed by atoms with Gasteiger partial charge in [0.15, 0.2) is 5.16 Å². The summed E-state index contributed by atoms with van der Waals surface area (Å²) in [4.78, 5) is 34.1. The number of anilines is 1. The Morgan fingerprint density at radius 2 is 1.81 bits per heavy atom. The highest BCUT2D eigenvalue weighted by molar-refractivity contribution is 7.99. The first-order valence-electron chi connectivity index (χ1n) is 10.9. The fourth-order valence-electron chi connectivity index (χ4n) is 3.97. The lowest BCUT2D eigenvalue weighted by molar-refractivity contribution is -0.137. The van der Waals surface area contributed by atoms with Gasteiger partial charge in [0.1, 0.15) is 11.0 Å². The van der Waals surface area contributed by atoms with E-state index in [0.29, 0.717) is 21.9 Å². The Morgan fingerprint density at radius 1 is 1.06 bits per heavy atom. The van der Waals surface area contributed by atoms with Gasteiger partial charge in [-0.2, -0.15) is 13.2 Å². The fourth-order valence-corrected chi connectivity index (χ4v) is 4.76. The summed E-state index contributed by atoms with van der Waals surface area (Å²) in [5.74, 6) is -0.688. The van der Waals surface area contributed by atoms with Gasteiger partial charge in [-0.25, -0.2) is 4.98 Å². The van der Waals surface area contributed by atoms with Gasteiger partial charge in [0.05, 0.1) is 17.0 Å². The zero-order chi connectivity index (χ0) is 25.4. The van der Waals surface area contributed by atoms with E-state index in [0.717, 1.165) is 40.4 Å². The van der Waals surface area contributed by atoms with Crippen molar-refractivity contribution in [2.24, 2.45) is 0 Å². The third kappa shape index (κ3) is 4.47. The molecular formula is C26H19F3N4O2S. The summed E-state index contributed by atoms with van der Waals surface area (Å²) in [5.41, 5.74) is 1.92. The van der Waals surface area contributed by atoms with Crippen LogP contribution in [-0.2, 0) is 11.0 Å². The Hall–Kier alpha value is -4.05. The number of nitrogens with one attached hydrogen (secondary N) is 2. The molecule has 5 aromatic rings. The number of hydrogen-bond acceptors (Lipinski definition) is 4. The molecule has 3 aromatic carbocycles. The van der Waals surface area contributed by atoms with Crippen LogP contribution in [0.3, 0.4) is 0 Å². The molecule has 0 unspecified atom stereocenters. The summed E-state index contributed by atoms with van der Waals surface area (Å²) in [6.45, 7) is 1.87. The van der Waals surface area contributed by atoms with Crippen molar-refractivity contribution in [1.82, 2.24) is 14.5 Å². The number of aromatic amines is 1. The first-order valence-corrected chi connectivity index (χ1v) is 11.9. The van der Waals surface area contributed by atoms with Gasteiger partial charge < -0.3 is 10.3 Å². The Kier molecular flexibility index (Phi) is 6.05. The van der Waals surface area contributed by atoms with E-state index in [1.807, 2.05) is 43.3 Å². The first-order chi connectivity index (χ1) is 17.2. The molecule has 0 aliphatic carbocycles. The van der Waals surface area contributed by atoms with Gasteiger partial charge in [0.25, 0.3) is 5.56 Å². The van der Waals surface area contributed by atoms with Crippen molar-refractivity contribution < 1.29 is 18.0 Å². The van der Waals surface area contributed by atoms with Crippen LogP contribution in [0.5, 0.6) is 0 Å². The number of alkyl halides is 3. The third-order valence-electron chi connectivity index (χ3n) is 5.66. The van der Waals surface area contributed by atoms with Crippen molar-refractivity contribution in [3.63, 3.8) is 0 Å². The maximum absolute atomic E-state index is 13.6. The number of halogens is 3. The van der Waals surface area contributed by atoms with Gasteiger partial charge in [-0.15, -0.1) is 0 Å². The number of thioether (sulfide) groups is 1. The summed E-state index contributed by atoms with van der Waals surface area (Å²) in [6.07, 6.45) is -4.52. The van der Waals surface area contributed by atoms with Gasteiger partial charge in [0.2, 0.25) is 5.91 Å². The molecule has 0 aliphatic heterocycles. The molecule has 0 saturated carbocycles. The lowest BCUT2D eigenvalue weighted by Gasteiger charge is -2.14. The number of para-hydroxylation sites is 2. The molecule has 6 nitrogen and oxygen atoms in total. The number of aryl methyl sites for hydroxylation is 1. The third-order valence-corrected chi connectivity index (χ3v) is 6.60. The highest BCUT2D eigenvalue weighted by Gasteiger charge is 2.30. The largest absolute Gasteiger partial charge is 0.416 e. The minimum atomic E-state index is -4.52. The van der Waals surface area contributed by atoms with Gasteiger partial charge in [0, 0.05) is 16.6 Å². The van der Waals surface area contributed by atoms with Crippen LogP contribution in [0.2, 0.25) is 0 Å². The van der Waals surface area contributed by atoms with E-state index >= 15 is 0 Å². The monoisotopic (exact) mass is 508 g/mol. The molecule has 36 heavy (non-hydrogen) atoms. The highest BCUT2D eigenvalue weighted by atomic mass is 32.2. The van der Waals surface area contributed by atoms with Gasteiger partial charge in [-0.05, 0) is 42.8 Å². The molecule has 2 heterocycles. The van der Waals surface area contributed by atoms with E-state index in [1.165, 1.54) is 16.7 Å². The second-order valence-corrected chi connectivity index (χ2v) is 9.07. The number of aromatic nitrogens is 3. The summed E-state index contributed by atoms with van der Waals surface area (Å²) in [5, 5.41) is 3.56. The van der Waals surface area contributed by atoms with Crippen LogP contribution in [0.1, 0.15) is 11.1 Å². The predicted molar refractivity (Wildman–Crippen MR) is 135 cm³/mol. The molecule has 0 radical (unpaired) electrons. The Labute approximate surface area is 207 Å². The van der Waals surface area contributed by atoms with Crippen LogP contribution in [0, 0.1) is 6.92 Å². The molecule has 2 N–H and O–H groups in total. The van der Waals surface area contributed by atoms with E-state index in [1.54, 1.807) is 12.1 Å². The van der Waals surface area contributed by atoms with Crippen molar-refractivity contribution in [1.29, 1.82) is 0 Å². The molecule has 0 spiro atoms. The van der Waals surface area contributed by atoms with Crippen LogP contribution in [0.15, 0.2) is 82.7 Å². The summed E-state index contributed by atoms with van der Waals surface area (Å²) >= 11 is 1.03. The summed E-state index contributed by atoms with van der Waals surface area (Å²) in [7, 11) is 0. The zero-order valence-corrected chi connectivity index (χ0v) is 19.7. The number of carbonyl (C=O) groups is 1. The molecule has 2 aromatic heterocycles. The van der Waals surface area contributed by atoms with E-state index in [9.17, 15) is 22.8 Å². The maximum atomic E-state index is 13.6. The van der Waals surface area contributed by atoms with Crippen molar-refractivity contribution in [3.05, 3.63) is 94.3 Å². The van der Waals surface area contributed by atoms with E-state index < -0.39 is 17.6 Å². The van der Waals surface area contributed by atoms with Crippen molar-refractivity contribution in [3.8, 4) is 5.69 Å². The Morgan fingerprint density at radius 3 is 2.58 bits per heavy atom. The van der Waals surface area contributed by atoms with Crippen LogP contribution in [-0.4, -0.2) is 26.2 Å². The van der Waals surface area contributed by atoms with Crippen molar-refractivity contribution >= 4 is 45.3 Å². The van der Waals surface area contributed by atoms with Crippen LogP contribution in [0.25, 0.3) is 27.6 Å². The SMILES string of the molecule is Cc1ccccc1-n1c(SCC(=O)Nc2cccc(C(F)(F)F)c2)nc2c([nH]c3ccccc32)c1=O. The first kappa shape index (κ1) is 23.7. The van der Waals surface area contributed by atoms with Crippen molar-refractivity contribution in [2.45, 2.75) is 18.3 Å². The normalized spacial score (nSPS) is 11.8. The predicted octanol–water partition coefficient (Wildman–Crippen LogP) is 5.93. The van der Waals surface area contributed by atoms with Gasteiger partial charge in [-0.1, -0.05) is 54.2 Å². The molecular weight excluding hydrogens is 489 g/mol. The number of benzene rings is 3. The molecule has 5 rings (SSSR count). The molecule has 0 atom stereocenters. The van der Waals surface area contributed by atoms with E-state index in [2.05, 4.69) is 10.3 Å². The molecule has 0 saturated heterocycles. The minimum absolute atomic E-state index is 0.0340. The molecule has 1 amide bonds. The average molecular weight is 509 g/mol. The topological polar surface area (TPSA) is 79.8 Å². The summed E-state index contributed by atoms with van der Waals surface area (Å²) < 4.78 is 40.5. The number of carbonyl (C=O) groups excluding carboxylic acids is 1. The lowest BCUT2D eigenvalue weighted by Crippen LogP contribution is -2.23. The van der Waals surface area contributed by atoms with E-state index in [-0.39, 0.29) is 17.0 Å². The number of rotatable bonds is 5. The molecule has 182 valence electrons. The van der Waals surface area contributed by atoms with Crippen LogP contribution < -0.4 is 10.9 Å². The van der Waals surface area contributed by atoms with Crippen LogP contribution >= 0.6 is 11.8 Å². The fraction of sp³-hybridized carbons (Fsp3) is 0.115. The number of amides is 1. The second-order valence-electron chi connectivity index (χ2n) is 8.13. The van der Waals surface area contributed by atoms with E-state index in [4.69, 9.17) is 4.98 Å². The number of nitrogens with zero attached hydrogens (tertiary/aromatic N) is 2. The average Bonchev–Trinajstić information content (AvgIpc) is 3.22. The zero-order valence-electron chi connectivity index (χ0n) is 18.9. The number of H-pyrrole nitrogens is 1. The summed E-state index contributed by atoms with van der Waals surface area (Å²) in [6, 6.07) is 19.2. The van der Waals surface area contributed by atoms with Gasteiger partial charge in [-0.3, -0.25) is 14.2 Å². The molecule has 0 bridgehead atoms. The minimum Gasteiger partial charge on any atom is -0.349 e. The molecule has 0 fully saturated rings. The maximum Gasteiger partial charge on any atom is 0.416 e. The molecule has 10 heteroatoms. The standard InChI is InChI=1S/C26H19F3N4O2S/c1-15-7-2-5-12-20(15)33-24(35)23-22(18-10-3-4-11-19(18)31-23)32-25(33)36-14-21(34)30-17-9-6-8-16(13-17)26(27,28)29/h2-13,31H,14H2,1H3,(H,30,34). The molecule has 0 aliphatic rings. The Balaban J connectivity index is 1.52.